The maximum absolute atomic E-state index is 5.93. The lowest BCUT2D eigenvalue weighted by molar-refractivity contribution is -0.0749. The molecule has 0 radical (unpaired) electrons. The first-order chi connectivity index (χ1) is 8.85. The van der Waals surface area contributed by atoms with Crippen molar-refractivity contribution in [1.29, 1.82) is 0 Å². The molecule has 1 unspecified atom stereocenters. The van der Waals surface area contributed by atoms with Crippen LogP contribution in [-0.4, -0.2) is 35.8 Å². The van der Waals surface area contributed by atoms with Gasteiger partial charge in [0.25, 0.3) is 0 Å². The molecule has 1 atom stereocenters. The second-order valence-corrected chi connectivity index (χ2v) is 7.06. The van der Waals surface area contributed by atoms with E-state index in [9.17, 15) is 0 Å². The van der Waals surface area contributed by atoms with Gasteiger partial charge in [0.1, 0.15) is 0 Å². The Hall–Kier alpha value is -0.650. The number of hydrogen-bond donors (Lipinski definition) is 1. The summed E-state index contributed by atoms with van der Waals surface area (Å²) in [5.74, 6) is 0. The maximum Gasteiger partial charge on any atom is 0.185 e. The van der Waals surface area contributed by atoms with Crippen LogP contribution >= 0.6 is 11.3 Å². The summed E-state index contributed by atoms with van der Waals surface area (Å²) in [7, 11) is 0. The third-order valence-corrected chi connectivity index (χ3v) is 4.02. The average molecular weight is 283 g/mol. The Labute approximate surface area is 120 Å². The molecule has 1 fully saturated rings. The van der Waals surface area contributed by atoms with E-state index >= 15 is 0 Å². The highest BCUT2D eigenvalue weighted by molar-refractivity contribution is 7.13. The highest BCUT2D eigenvalue weighted by Crippen LogP contribution is 2.28. The van der Waals surface area contributed by atoms with Gasteiger partial charge in [-0.15, -0.1) is 11.3 Å². The van der Waals surface area contributed by atoms with E-state index in [4.69, 9.17) is 9.72 Å². The summed E-state index contributed by atoms with van der Waals surface area (Å²) >= 11 is 1.73. The minimum absolute atomic E-state index is 0.0975. The summed E-state index contributed by atoms with van der Waals surface area (Å²) in [6, 6.07) is 0.493. The summed E-state index contributed by atoms with van der Waals surface area (Å²) in [5.41, 5.74) is 1.03. The first-order valence-corrected chi connectivity index (χ1v) is 7.84. The number of rotatable bonds is 4. The molecule has 1 aliphatic rings. The SMILES string of the molecule is CC(C)NCc1csc(N2CC(C)OC(C)(C)C2)n1. The molecule has 1 N–H and O–H groups in total. The van der Waals surface area contributed by atoms with Crippen molar-refractivity contribution >= 4 is 16.5 Å². The summed E-state index contributed by atoms with van der Waals surface area (Å²) in [5, 5.41) is 6.67. The first-order valence-electron chi connectivity index (χ1n) is 6.96. The lowest BCUT2D eigenvalue weighted by Gasteiger charge is -2.41. The number of morpholine rings is 1. The van der Waals surface area contributed by atoms with Gasteiger partial charge in [-0.25, -0.2) is 4.98 Å². The molecule has 0 saturated carbocycles. The van der Waals surface area contributed by atoms with Gasteiger partial charge in [0.05, 0.1) is 17.4 Å². The molecular weight excluding hydrogens is 258 g/mol. The van der Waals surface area contributed by atoms with Crippen LogP contribution in [0.2, 0.25) is 0 Å². The van der Waals surface area contributed by atoms with Gasteiger partial charge in [0, 0.05) is 31.1 Å². The molecule has 1 aliphatic heterocycles. The molecule has 1 aromatic rings. The quantitative estimate of drug-likeness (QED) is 0.922. The van der Waals surface area contributed by atoms with Gasteiger partial charge in [-0.05, 0) is 20.8 Å². The Morgan fingerprint density at radius 1 is 1.58 bits per heavy atom. The molecule has 2 heterocycles. The largest absolute Gasteiger partial charge is 0.369 e. The van der Waals surface area contributed by atoms with Crippen molar-refractivity contribution in [3.05, 3.63) is 11.1 Å². The van der Waals surface area contributed by atoms with Crippen molar-refractivity contribution in [3.63, 3.8) is 0 Å². The number of anilines is 1. The fourth-order valence-electron chi connectivity index (χ4n) is 2.43. The standard InChI is InChI=1S/C14H25N3OS/c1-10(2)15-6-12-8-19-13(16-12)17-7-11(3)18-14(4,5)9-17/h8,10-11,15H,6-7,9H2,1-5H3. The van der Waals surface area contributed by atoms with Crippen LogP contribution in [-0.2, 0) is 11.3 Å². The molecule has 5 heteroatoms. The van der Waals surface area contributed by atoms with Gasteiger partial charge in [0.15, 0.2) is 5.13 Å². The Morgan fingerprint density at radius 2 is 2.32 bits per heavy atom. The molecule has 0 amide bonds. The molecule has 2 rings (SSSR count). The molecule has 0 bridgehead atoms. The lowest BCUT2D eigenvalue weighted by atomic mass is 10.1. The number of hydrogen-bond acceptors (Lipinski definition) is 5. The third kappa shape index (κ3) is 4.16. The minimum atomic E-state index is -0.0975. The van der Waals surface area contributed by atoms with Gasteiger partial charge in [-0.2, -0.15) is 0 Å². The summed E-state index contributed by atoms with van der Waals surface area (Å²) < 4.78 is 5.93. The number of nitrogens with zero attached hydrogens (tertiary/aromatic N) is 2. The molecule has 108 valence electrons. The van der Waals surface area contributed by atoms with Crippen LogP contribution in [0, 0.1) is 0 Å². The zero-order valence-corrected chi connectivity index (χ0v) is 13.4. The topological polar surface area (TPSA) is 37.4 Å². The van der Waals surface area contributed by atoms with Crippen LogP contribution in [0.15, 0.2) is 5.38 Å². The number of thiazole rings is 1. The Morgan fingerprint density at radius 3 is 2.95 bits per heavy atom. The van der Waals surface area contributed by atoms with Crippen LogP contribution in [0.5, 0.6) is 0 Å². The van der Waals surface area contributed by atoms with Gasteiger partial charge < -0.3 is 15.0 Å². The van der Waals surface area contributed by atoms with E-state index in [-0.39, 0.29) is 11.7 Å². The van der Waals surface area contributed by atoms with Crippen LogP contribution < -0.4 is 10.2 Å². The Bertz CT molecular complexity index is 417. The van der Waals surface area contributed by atoms with Crippen LogP contribution in [0.4, 0.5) is 5.13 Å². The number of ether oxygens (including phenoxy) is 1. The molecule has 19 heavy (non-hydrogen) atoms. The smallest absolute Gasteiger partial charge is 0.185 e. The fraction of sp³-hybridized carbons (Fsp3) is 0.786. The van der Waals surface area contributed by atoms with Gasteiger partial charge in [-0.3, -0.25) is 0 Å². The monoisotopic (exact) mass is 283 g/mol. The molecule has 1 aromatic heterocycles. The second kappa shape index (κ2) is 5.77. The number of nitrogens with one attached hydrogen (secondary N) is 1. The van der Waals surface area contributed by atoms with E-state index in [1.54, 1.807) is 11.3 Å². The average Bonchev–Trinajstić information content (AvgIpc) is 2.72. The normalized spacial score (nSPS) is 23.1. The molecule has 0 spiro atoms. The van der Waals surface area contributed by atoms with Gasteiger partial charge >= 0.3 is 0 Å². The summed E-state index contributed by atoms with van der Waals surface area (Å²) in [6.45, 7) is 13.4. The van der Waals surface area contributed by atoms with Crippen molar-refractivity contribution in [2.75, 3.05) is 18.0 Å². The minimum Gasteiger partial charge on any atom is -0.369 e. The van der Waals surface area contributed by atoms with E-state index in [1.165, 1.54) is 0 Å². The van der Waals surface area contributed by atoms with E-state index in [0.717, 1.165) is 30.5 Å². The van der Waals surface area contributed by atoms with E-state index in [2.05, 4.69) is 50.2 Å². The van der Waals surface area contributed by atoms with E-state index < -0.39 is 0 Å². The predicted molar refractivity (Wildman–Crippen MR) is 80.9 cm³/mol. The Kier molecular flexibility index (Phi) is 4.48. The maximum atomic E-state index is 5.93. The van der Waals surface area contributed by atoms with Crippen LogP contribution in [0.25, 0.3) is 0 Å². The molecule has 0 aromatic carbocycles. The highest BCUT2D eigenvalue weighted by atomic mass is 32.1. The summed E-state index contributed by atoms with van der Waals surface area (Å²) in [6.07, 6.45) is 0.255. The second-order valence-electron chi connectivity index (χ2n) is 6.23. The van der Waals surface area contributed by atoms with Crippen LogP contribution in [0.1, 0.15) is 40.3 Å². The van der Waals surface area contributed by atoms with Crippen molar-refractivity contribution in [3.8, 4) is 0 Å². The van der Waals surface area contributed by atoms with Gasteiger partial charge in [0.2, 0.25) is 0 Å². The predicted octanol–water partition coefficient (Wildman–Crippen LogP) is 2.64. The van der Waals surface area contributed by atoms with Crippen molar-refractivity contribution in [1.82, 2.24) is 10.3 Å². The molecule has 0 aliphatic carbocycles. The zero-order valence-electron chi connectivity index (χ0n) is 12.6. The molecular formula is C14H25N3OS. The van der Waals surface area contributed by atoms with Crippen molar-refractivity contribution in [2.24, 2.45) is 0 Å². The van der Waals surface area contributed by atoms with E-state index in [1.807, 2.05) is 0 Å². The van der Waals surface area contributed by atoms with Crippen molar-refractivity contribution < 1.29 is 4.74 Å². The van der Waals surface area contributed by atoms with Gasteiger partial charge in [-0.1, -0.05) is 13.8 Å². The Balaban J connectivity index is 2.01. The highest BCUT2D eigenvalue weighted by Gasteiger charge is 2.32. The number of aromatic nitrogens is 1. The zero-order chi connectivity index (χ0) is 14.0. The summed E-state index contributed by atoms with van der Waals surface area (Å²) in [4.78, 5) is 7.08. The lowest BCUT2D eigenvalue weighted by Crippen LogP contribution is -2.52. The van der Waals surface area contributed by atoms with Crippen molar-refractivity contribution in [2.45, 2.75) is 58.9 Å². The van der Waals surface area contributed by atoms with E-state index in [0.29, 0.717) is 6.04 Å². The third-order valence-electron chi connectivity index (χ3n) is 3.07. The molecule has 4 nitrogen and oxygen atoms in total. The molecule has 1 saturated heterocycles. The van der Waals surface area contributed by atoms with Crippen LogP contribution in [0.3, 0.4) is 0 Å². The fourth-order valence-corrected chi connectivity index (χ4v) is 3.27. The first kappa shape index (κ1) is 14.8.